The maximum atomic E-state index is 12.5. The molecule has 1 aromatic rings. The summed E-state index contributed by atoms with van der Waals surface area (Å²) in [4.78, 5) is 16.9. The second-order valence-electron chi connectivity index (χ2n) is 11.0. The molecule has 1 aliphatic heterocycles. The molecule has 4 aliphatic rings. The number of hydrogen-bond donors (Lipinski definition) is 2. The van der Waals surface area contributed by atoms with Gasteiger partial charge in [0.25, 0.3) is 0 Å². The van der Waals surface area contributed by atoms with E-state index in [1.807, 2.05) is 0 Å². The molecule has 0 spiro atoms. The van der Waals surface area contributed by atoms with Crippen LogP contribution in [-0.2, 0) is 15.9 Å². The summed E-state index contributed by atoms with van der Waals surface area (Å²) < 4.78 is 12.2. The molecule has 0 bridgehead atoms. The van der Waals surface area contributed by atoms with Crippen molar-refractivity contribution in [2.45, 2.75) is 78.3 Å². The minimum Gasteiger partial charge on any atom is -0.392 e. The van der Waals surface area contributed by atoms with Crippen LogP contribution in [-0.4, -0.2) is 40.8 Å². The van der Waals surface area contributed by atoms with Crippen molar-refractivity contribution >= 4 is 5.78 Å². The molecule has 0 saturated heterocycles. The number of methoxy groups -OCH3 is 1. The molecule has 0 unspecified atom stereocenters. The number of ketones is 1. The van der Waals surface area contributed by atoms with E-state index < -0.39 is 24.8 Å². The molecule has 2 N–H and O–H groups in total. The molecule has 174 valence electrons. The largest absolute Gasteiger partial charge is 0.392 e. The number of fused-ring (bicyclic) bond motifs is 4. The summed E-state index contributed by atoms with van der Waals surface area (Å²) in [5, 5.41) is 21.2. The van der Waals surface area contributed by atoms with E-state index in [0.29, 0.717) is 17.9 Å². The minimum atomic E-state index is -0.698. The van der Waals surface area contributed by atoms with Crippen molar-refractivity contribution in [3.8, 4) is 0 Å². The fourth-order valence-electron chi connectivity index (χ4n) is 7.31. The van der Waals surface area contributed by atoms with Crippen LogP contribution in [0.15, 0.2) is 17.3 Å². The van der Waals surface area contributed by atoms with Crippen LogP contribution in [0.1, 0.15) is 93.0 Å². The summed E-state index contributed by atoms with van der Waals surface area (Å²) in [7, 11) is 1.57. The van der Waals surface area contributed by atoms with Crippen molar-refractivity contribution in [3.05, 3.63) is 39.7 Å². The van der Waals surface area contributed by atoms with Gasteiger partial charge in [0.2, 0.25) is 5.78 Å². The molecule has 3 aliphatic carbocycles. The first-order valence-electron chi connectivity index (χ1n) is 11.9. The quantitative estimate of drug-likeness (QED) is 0.541. The number of aliphatic hydroxyl groups is 2. The molecule has 0 aromatic carbocycles. The van der Waals surface area contributed by atoms with Crippen molar-refractivity contribution in [2.24, 2.45) is 22.7 Å². The maximum absolute atomic E-state index is 12.5. The van der Waals surface area contributed by atoms with Gasteiger partial charge in [0.1, 0.15) is 12.3 Å². The van der Waals surface area contributed by atoms with Crippen LogP contribution in [0, 0.1) is 22.7 Å². The molecular formula is C26H35NO5. The van der Waals surface area contributed by atoms with Gasteiger partial charge in [-0.3, -0.25) is 9.78 Å². The highest BCUT2D eigenvalue weighted by Gasteiger charge is 2.61. The predicted octanol–water partition coefficient (Wildman–Crippen LogP) is 4.06. The van der Waals surface area contributed by atoms with Gasteiger partial charge >= 0.3 is 0 Å². The molecular weight excluding hydrogens is 406 g/mol. The molecule has 1 fully saturated rings. The fourth-order valence-corrected chi connectivity index (χ4v) is 7.31. The molecule has 0 amide bonds. The molecule has 2 heterocycles. The number of aliphatic hydroxyl groups excluding tert-OH is 2. The zero-order valence-electron chi connectivity index (χ0n) is 19.8. The molecule has 1 saturated carbocycles. The SMILES string of the molecule is CO[C@@H]1O[C@H]2c3c(cnc(C(=O)CO)c31)C[C@H](O)[C@@H]1C3=C(C(C)C)CC[C@]3(C)CC[C@@]21C. The Morgan fingerprint density at radius 1 is 1.28 bits per heavy atom. The first-order chi connectivity index (χ1) is 15.2. The molecule has 6 heteroatoms. The summed E-state index contributed by atoms with van der Waals surface area (Å²) in [5.74, 6) is 0.00522. The number of hydrogen-bond acceptors (Lipinski definition) is 6. The lowest BCUT2D eigenvalue weighted by molar-refractivity contribution is -0.190. The Balaban J connectivity index is 1.73. The van der Waals surface area contributed by atoms with E-state index in [1.165, 1.54) is 11.1 Å². The predicted molar refractivity (Wildman–Crippen MR) is 119 cm³/mol. The average Bonchev–Trinajstić information content (AvgIpc) is 3.30. The molecule has 1 aromatic heterocycles. The number of Topliss-reactive ketones (excluding diaryl/α,β-unsaturated/α-hetero) is 1. The van der Waals surface area contributed by atoms with Crippen LogP contribution in [0.3, 0.4) is 0 Å². The van der Waals surface area contributed by atoms with E-state index in [1.54, 1.807) is 13.3 Å². The normalized spacial score (nSPS) is 37.9. The Bertz CT molecular complexity index is 1000. The second kappa shape index (κ2) is 7.45. The molecule has 6 nitrogen and oxygen atoms in total. The third kappa shape index (κ3) is 2.86. The topological polar surface area (TPSA) is 88.9 Å². The summed E-state index contributed by atoms with van der Waals surface area (Å²) in [5.41, 5.74) is 5.49. The van der Waals surface area contributed by atoms with E-state index in [0.717, 1.165) is 36.8 Å². The lowest BCUT2D eigenvalue weighted by Gasteiger charge is -2.53. The summed E-state index contributed by atoms with van der Waals surface area (Å²) in [6.45, 7) is 8.55. The van der Waals surface area contributed by atoms with Gasteiger partial charge in [-0.05, 0) is 48.1 Å². The Morgan fingerprint density at radius 3 is 2.69 bits per heavy atom. The molecule has 0 radical (unpaired) electrons. The van der Waals surface area contributed by atoms with Crippen LogP contribution in [0.25, 0.3) is 0 Å². The number of carbonyl (C=O) groups is 1. The standard InChI is InChI=1S/C26H35NO5/c1-13(2)15-6-7-25(3)8-9-26(4)21(20(15)25)16(29)10-14-11-27-22(17(30)12-28)19-18(14)23(26)32-24(19)31-5/h11,13,16,21,23-24,28-29H,6-10,12H2,1-5H3/t16-,21+,23-,24+,25+,26+/m0/s1. The van der Waals surface area contributed by atoms with Crippen LogP contribution in [0.4, 0.5) is 0 Å². The summed E-state index contributed by atoms with van der Waals surface area (Å²) >= 11 is 0. The van der Waals surface area contributed by atoms with Gasteiger partial charge in [0.15, 0.2) is 6.29 Å². The lowest BCUT2D eigenvalue weighted by Crippen LogP contribution is -2.48. The van der Waals surface area contributed by atoms with Crippen molar-refractivity contribution in [1.29, 1.82) is 0 Å². The Hall–Kier alpha value is -1.60. The Labute approximate surface area is 190 Å². The number of carbonyl (C=O) groups excluding carboxylic acids is 1. The van der Waals surface area contributed by atoms with Gasteiger partial charge in [-0.2, -0.15) is 0 Å². The number of allylic oxidation sites excluding steroid dienone is 1. The molecule has 5 rings (SSSR count). The second-order valence-corrected chi connectivity index (χ2v) is 11.0. The smallest absolute Gasteiger partial charge is 0.206 e. The van der Waals surface area contributed by atoms with E-state index >= 15 is 0 Å². The zero-order valence-corrected chi connectivity index (χ0v) is 19.8. The fraction of sp³-hybridized carbons (Fsp3) is 0.692. The number of ether oxygens (including phenoxy) is 2. The Kier molecular flexibility index (Phi) is 5.17. The number of aromatic nitrogens is 1. The van der Waals surface area contributed by atoms with E-state index in [9.17, 15) is 15.0 Å². The van der Waals surface area contributed by atoms with Crippen molar-refractivity contribution in [1.82, 2.24) is 4.98 Å². The van der Waals surface area contributed by atoms with Crippen LogP contribution < -0.4 is 0 Å². The Morgan fingerprint density at radius 2 is 2.03 bits per heavy atom. The number of rotatable bonds is 4. The van der Waals surface area contributed by atoms with Gasteiger partial charge in [-0.1, -0.05) is 38.8 Å². The first-order valence-corrected chi connectivity index (χ1v) is 11.9. The van der Waals surface area contributed by atoms with Crippen LogP contribution in [0.2, 0.25) is 0 Å². The van der Waals surface area contributed by atoms with Crippen molar-refractivity contribution in [3.63, 3.8) is 0 Å². The first kappa shape index (κ1) is 22.2. The lowest BCUT2D eigenvalue weighted by atomic mass is 9.53. The summed E-state index contributed by atoms with van der Waals surface area (Å²) in [6, 6.07) is 0. The molecule has 6 atom stereocenters. The monoisotopic (exact) mass is 441 g/mol. The van der Waals surface area contributed by atoms with Gasteiger partial charge < -0.3 is 19.7 Å². The van der Waals surface area contributed by atoms with Gasteiger partial charge in [0.05, 0.1) is 12.2 Å². The van der Waals surface area contributed by atoms with Crippen LogP contribution >= 0.6 is 0 Å². The summed E-state index contributed by atoms with van der Waals surface area (Å²) in [6.07, 6.45) is 4.90. The highest BCUT2D eigenvalue weighted by molar-refractivity contribution is 5.97. The van der Waals surface area contributed by atoms with E-state index in [-0.39, 0.29) is 28.5 Å². The van der Waals surface area contributed by atoms with E-state index in [2.05, 4.69) is 32.7 Å². The van der Waals surface area contributed by atoms with Crippen molar-refractivity contribution < 1.29 is 24.5 Å². The maximum Gasteiger partial charge on any atom is 0.206 e. The molecule has 32 heavy (non-hydrogen) atoms. The average molecular weight is 442 g/mol. The van der Waals surface area contributed by atoms with Gasteiger partial charge in [-0.15, -0.1) is 0 Å². The minimum absolute atomic E-state index is 0.0148. The highest BCUT2D eigenvalue weighted by Crippen LogP contribution is 2.67. The number of nitrogens with zero attached hydrogens (tertiary/aromatic N) is 1. The van der Waals surface area contributed by atoms with Crippen molar-refractivity contribution in [2.75, 3.05) is 13.7 Å². The van der Waals surface area contributed by atoms with E-state index in [4.69, 9.17) is 9.47 Å². The van der Waals surface area contributed by atoms with Gasteiger partial charge in [0, 0.05) is 36.6 Å². The third-order valence-corrected chi connectivity index (χ3v) is 8.91. The van der Waals surface area contributed by atoms with Crippen LogP contribution in [0.5, 0.6) is 0 Å². The zero-order chi connectivity index (χ0) is 23.0. The third-order valence-electron chi connectivity index (χ3n) is 8.91. The highest BCUT2D eigenvalue weighted by atomic mass is 16.7. The number of pyridine rings is 1. The van der Waals surface area contributed by atoms with Gasteiger partial charge in [-0.25, -0.2) is 0 Å².